The minimum atomic E-state index is -0.202. The van der Waals surface area contributed by atoms with Gasteiger partial charge in [-0.2, -0.15) is 0 Å². The van der Waals surface area contributed by atoms with Gasteiger partial charge in [0.2, 0.25) is 0 Å². The van der Waals surface area contributed by atoms with Crippen molar-refractivity contribution in [3.63, 3.8) is 0 Å². The monoisotopic (exact) mass is 1190 g/mol. The Bertz CT molecular complexity index is 4700. The average molecular weight is 1190 g/mol. The number of hydrogen-bond acceptors (Lipinski definition) is 6. The second-order valence-electron chi connectivity index (χ2n) is 22.7. The maximum atomic E-state index is 6.88. The molecule has 87 heavy (non-hydrogen) atoms. The SMILES string of the molecule is c1ccc(N(c2ccccc2)c2cc3c4c(c2)N(c2ccccc2)c2ccccc2B4c2cc4c(c(-c5ccc6c(c5)oc5ccccc56)c2S3)[Se]c2cc(N(c3ccccc3)c3ccccc3)cc3c2B4c2ccccc2N3c2ccccc2)cc1. The third-order valence-corrected chi connectivity index (χ3v) is 21.6. The predicted molar refractivity (Wildman–Crippen MR) is 369 cm³/mol. The van der Waals surface area contributed by atoms with Gasteiger partial charge >= 0.3 is 520 Å². The van der Waals surface area contributed by atoms with Gasteiger partial charge in [0.05, 0.1) is 0 Å². The van der Waals surface area contributed by atoms with Crippen molar-refractivity contribution in [3.8, 4) is 11.1 Å². The van der Waals surface area contributed by atoms with Crippen molar-refractivity contribution < 1.29 is 4.42 Å². The molecule has 9 heteroatoms. The number of benzene rings is 13. The molecule has 0 saturated heterocycles. The molecule has 406 valence electrons. The first-order valence-electron chi connectivity index (χ1n) is 29.7. The molecule has 0 aliphatic carbocycles. The topological polar surface area (TPSA) is 26.1 Å². The van der Waals surface area contributed by atoms with Gasteiger partial charge in [0.15, 0.2) is 0 Å². The van der Waals surface area contributed by atoms with Crippen molar-refractivity contribution >= 4 is 172 Å². The second kappa shape index (κ2) is 20.3. The van der Waals surface area contributed by atoms with Crippen LogP contribution in [0.2, 0.25) is 0 Å². The molecule has 0 radical (unpaired) electrons. The molecule has 0 amide bonds. The van der Waals surface area contributed by atoms with Crippen molar-refractivity contribution in [1.29, 1.82) is 0 Å². The third kappa shape index (κ3) is 7.97. The summed E-state index contributed by atoms with van der Waals surface area (Å²) in [6.45, 7) is -0.178. The maximum absolute atomic E-state index is 6.88. The Morgan fingerprint density at radius 2 is 0.805 bits per heavy atom. The standard InChI is InChI=1S/C78H50B2N4OSSe/c1-7-25-52(26-8-1)81(53-27-9-2-10-28-53)58-46-68-75-72(48-58)86-77-64(79(75)62-38-20-22-40-66(62)83(68)56-33-15-5-16-34-56)50-65-78(74(77)51-43-44-61-60-37-19-24-42-70(60)85-71(61)45-51)87-73-49-59(82(54-29-11-3-12-30-54)55-31-13-4-14-32-55)47-69-76(73)80(65)63-39-21-23-41-67(63)84(69)57-35-17-6-18-36-57/h1-50H. The molecular weight excluding hydrogens is 1140 g/mol. The van der Waals surface area contributed by atoms with Gasteiger partial charge in [0.1, 0.15) is 0 Å². The molecule has 0 bridgehead atoms. The van der Waals surface area contributed by atoms with Crippen molar-refractivity contribution in [2.75, 3.05) is 19.6 Å². The fourth-order valence-corrected chi connectivity index (χ4v) is 18.6. The summed E-state index contributed by atoms with van der Waals surface area (Å²) in [6.07, 6.45) is 0. The molecule has 14 aromatic rings. The summed E-state index contributed by atoms with van der Waals surface area (Å²) in [5.74, 6) is 0. The summed E-state index contributed by atoms with van der Waals surface area (Å²) in [5, 5.41) is 2.25. The number of rotatable bonds is 9. The van der Waals surface area contributed by atoms with Crippen LogP contribution in [0.3, 0.4) is 0 Å². The molecule has 18 rings (SSSR count). The number of fused-ring (bicyclic) bond motifs is 11. The molecule has 13 aromatic carbocycles. The van der Waals surface area contributed by atoms with E-state index in [0.717, 1.165) is 67.4 Å². The second-order valence-corrected chi connectivity index (χ2v) is 26.0. The van der Waals surface area contributed by atoms with Crippen molar-refractivity contribution in [1.82, 2.24) is 0 Å². The first-order valence-corrected chi connectivity index (χ1v) is 32.2. The van der Waals surface area contributed by atoms with Crippen molar-refractivity contribution in [3.05, 3.63) is 303 Å². The van der Waals surface area contributed by atoms with Gasteiger partial charge in [-0.25, -0.2) is 0 Å². The number of para-hydroxylation sites is 9. The fraction of sp³-hybridized carbons (Fsp3) is 0. The van der Waals surface area contributed by atoms with Gasteiger partial charge in [-0.05, 0) is 0 Å². The molecule has 0 spiro atoms. The molecule has 0 atom stereocenters. The fourth-order valence-electron chi connectivity index (χ4n) is 14.3. The van der Waals surface area contributed by atoms with E-state index in [4.69, 9.17) is 4.42 Å². The molecule has 4 aliphatic rings. The predicted octanol–water partition coefficient (Wildman–Crippen LogP) is 15.2. The van der Waals surface area contributed by atoms with E-state index in [1.807, 2.05) is 11.8 Å². The Morgan fingerprint density at radius 1 is 0.345 bits per heavy atom. The molecule has 0 unspecified atom stereocenters. The molecule has 5 nitrogen and oxygen atoms in total. The molecule has 4 aliphatic heterocycles. The number of furan rings is 1. The first kappa shape index (κ1) is 50.2. The Balaban J connectivity index is 0.948. The van der Waals surface area contributed by atoms with E-state index in [1.54, 1.807) is 0 Å². The Labute approximate surface area is 516 Å². The van der Waals surface area contributed by atoms with E-state index < -0.39 is 0 Å². The van der Waals surface area contributed by atoms with Gasteiger partial charge in [0.25, 0.3) is 0 Å². The van der Waals surface area contributed by atoms with E-state index in [0.29, 0.717) is 0 Å². The van der Waals surface area contributed by atoms with Crippen LogP contribution in [0, 0.1) is 0 Å². The first-order chi connectivity index (χ1) is 43.2. The van der Waals surface area contributed by atoms with Crippen LogP contribution in [0.15, 0.2) is 318 Å². The zero-order valence-corrected chi connectivity index (χ0v) is 49.6. The van der Waals surface area contributed by atoms with Gasteiger partial charge < -0.3 is 0 Å². The average Bonchev–Trinajstić information content (AvgIpc) is 1.00. The quantitative estimate of drug-likeness (QED) is 0.134. The van der Waals surface area contributed by atoms with Crippen LogP contribution < -0.4 is 61.3 Å². The molecule has 0 N–H and O–H groups in total. The van der Waals surface area contributed by atoms with E-state index in [1.165, 1.54) is 85.4 Å². The van der Waals surface area contributed by atoms with Crippen molar-refractivity contribution in [2.24, 2.45) is 0 Å². The van der Waals surface area contributed by atoms with Gasteiger partial charge in [-0.15, -0.1) is 0 Å². The molecule has 0 saturated carbocycles. The third-order valence-electron chi connectivity index (χ3n) is 17.9. The van der Waals surface area contributed by atoms with E-state index in [2.05, 4.69) is 323 Å². The summed E-state index contributed by atoms with van der Waals surface area (Å²) in [5.41, 5.74) is 25.9. The normalized spacial score (nSPS) is 13.1. The van der Waals surface area contributed by atoms with Gasteiger partial charge in [-0.1, -0.05) is 0 Å². The molecule has 5 heterocycles. The van der Waals surface area contributed by atoms with Crippen LogP contribution in [-0.2, 0) is 0 Å². The van der Waals surface area contributed by atoms with Gasteiger partial charge in [0, 0.05) is 0 Å². The number of hydrogen-bond donors (Lipinski definition) is 0. The Kier molecular flexibility index (Phi) is 11.7. The number of anilines is 12. The zero-order valence-electron chi connectivity index (χ0n) is 47.0. The number of nitrogens with zero attached hydrogens (tertiary/aromatic N) is 4. The van der Waals surface area contributed by atoms with E-state index in [-0.39, 0.29) is 28.4 Å². The van der Waals surface area contributed by atoms with Crippen LogP contribution >= 0.6 is 11.8 Å². The van der Waals surface area contributed by atoms with Crippen molar-refractivity contribution in [2.45, 2.75) is 9.79 Å². The zero-order chi connectivity index (χ0) is 57.1. The summed E-state index contributed by atoms with van der Waals surface area (Å²) < 4.78 is 9.66. The Morgan fingerprint density at radius 3 is 1.37 bits per heavy atom. The summed E-state index contributed by atoms with van der Waals surface area (Å²) in [4.78, 5) is 12.5. The summed E-state index contributed by atoms with van der Waals surface area (Å²) >= 11 is 1.75. The molecule has 0 fully saturated rings. The minimum absolute atomic E-state index is 0.0788. The van der Waals surface area contributed by atoms with Crippen LogP contribution in [-0.4, -0.2) is 28.4 Å². The molecular formula is C78H50B2N4OSSe. The molecule has 1 aromatic heterocycles. The Hall–Kier alpha value is -10.1. The van der Waals surface area contributed by atoms with E-state index >= 15 is 0 Å². The van der Waals surface area contributed by atoms with E-state index in [9.17, 15) is 0 Å². The van der Waals surface area contributed by atoms with Crippen LogP contribution in [0.1, 0.15) is 0 Å². The van der Waals surface area contributed by atoms with Crippen LogP contribution in [0.5, 0.6) is 0 Å². The summed E-state index contributed by atoms with van der Waals surface area (Å²) in [7, 11) is 0. The summed E-state index contributed by atoms with van der Waals surface area (Å²) in [6, 6.07) is 112. The van der Waals surface area contributed by atoms with Crippen LogP contribution in [0.25, 0.3) is 33.1 Å². The van der Waals surface area contributed by atoms with Crippen LogP contribution in [0.4, 0.5) is 68.2 Å². The van der Waals surface area contributed by atoms with Gasteiger partial charge in [-0.3, -0.25) is 0 Å².